The largest absolute Gasteiger partial charge is 0.389 e. The van der Waals surface area contributed by atoms with Gasteiger partial charge in [-0.1, -0.05) is 25.1 Å². The van der Waals surface area contributed by atoms with Gasteiger partial charge in [-0.25, -0.2) is 0 Å². The van der Waals surface area contributed by atoms with E-state index in [1.54, 1.807) is 11.8 Å². The molecule has 0 aliphatic carbocycles. The highest BCUT2D eigenvalue weighted by Gasteiger charge is 2.28. The standard InChI is InChI=1S/C14H20F3NS/c1-3-18-12(8-9-14(15,16)17)10-19-13-7-5-4-6-11(13)2/h4-7,12,18H,3,8-10H2,1-2H3. The summed E-state index contributed by atoms with van der Waals surface area (Å²) in [6.07, 6.45) is -4.66. The zero-order valence-electron chi connectivity index (χ0n) is 11.3. The minimum absolute atomic E-state index is 0.101. The van der Waals surface area contributed by atoms with Gasteiger partial charge in [0.05, 0.1) is 0 Å². The summed E-state index contributed by atoms with van der Waals surface area (Å²) in [6.45, 7) is 4.62. The van der Waals surface area contributed by atoms with E-state index < -0.39 is 12.6 Å². The van der Waals surface area contributed by atoms with Crippen LogP contribution in [0.25, 0.3) is 0 Å². The van der Waals surface area contributed by atoms with Crippen molar-refractivity contribution in [3.8, 4) is 0 Å². The summed E-state index contributed by atoms with van der Waals surface area (Å²) in [4.78, 5) is 1.14. The Morgan fingerprint density at radius 1 is 1.26 bits per heavy atom. The van der Waals surface area contributed by atoms with E-state index >= 15 is 0 Å². The summed E-state index contributed by atoms with van der Waals surface area (Å²) in [6, 6.07) is 7.83. The molecule has 0 bridgehead atoms. The normalized spacial score (nSPS) is 13.5. The van der Waals surface area contributed by atoms with Gasteiger partial charge in [0.2, 0.25) is 0 Å². The predicted molar refractivity (Wildman–Crippen MR) is 74.7 cm³/mol. The molecular weight excluding hydrogens is 271 g/mol. The molecule has 0 spiro atoms. The zero-order chi connectivity index (χ0) is 14.3. The van der Waals surface area contributed by atoms with Crippen molar-refractivity contribution < 1.29 is 13.2 Å². The highest BCUT2D eigenvalue weighted by atomic mass is 32.2. The number of thioether (sulfide) groups is 1. The fourth-order valence-electron chi connectivity index (χ4n) is 1.78. The fourth-order valence-corrected chi connectivity index (χ4v) is 2.92. The molecule has 108 valence electrons. The van der Waals surface area contributed by atoms with Crippen molar-refractivity contribution in [3.63, 3.8) is 0 Å². The van der Waals surface area contributed by atoms with Crippen LogP contribution in [-0.4, -0.2) is 24.5 Å². The first kappa shape index (κ1) is 16.4. The van der Waals surface area contributed by atoms with Gasteiger partial charge in [0, 0.05) is 23.1 Å². The van der Waals surface area contributed by atoms with E-state index in [0.717, 1.165) is 4.90 Å². The van der Waals surface area contributed by atoms with E-state index in [2.05, 4.69) is 5.32 Å². The third kappa shape index (κ3) is 6.87. The summed E-state index contributed by atoms with van der Waals surface area (Å²) in [5, 5.41) is 3.12. The Balaban J connectivity index is 2.47. The molecule has 1 aromatic rings. The first-order chi connectivity index (χ1) is 8.92. The Bertz CT molecular complexity index is 379. The summed E-state index contributed by atoms with van der Waals surface area (Å²) < 4.78 is 36.7. The van der Waals surface area contributed by atoms with Crippen LogP contribution in [0.15, 0.2) is 29.2 Å². The summed E-state index contributed by atoms with van der Waals surface area (Å²) in [5.74, 6) is 0.661. The molecule has 1 aromatic carbocycles. The molecule has 1 rings (SSSR count). The molecule has 0 fully saturated rings. The van der Waals surface area contributed by atoms with E-state index in [0.29, 0.717) is 12.3 Å². The molecule has 0 amide bonds. The topological polar surface area (TPSA) is 12.0 Å². The highest BCUT2D eigenvalue weighted by molar-refractivity contribution is 7.99. The first-order valence-electron chi connectivity index (χ1n) is 6.41. The molecule has 1 N–H and O–H groups in total. The molecule has 1 nitrogen and oxygen atoms in total. The summed E-state index contributed by atoms with van der Waals surface area (Å²) in [5.41, 5.74) is 1.17. The molecular formula is C14H20F3NS. The predicted octanol–water partition coefficient (Wildman–Crippen LogP) is 4.41. The van der Waals surface area contributed by atoms with Crippen molar-refractivity contribution in [2.45, 2.75) is 43.8 Å². The van der Waals surface area contributed by atoms with Crippen LogP contribution in [0.2, 0.25) is 0 Å². The van der Waals surface area contributed by atoms with Gasteiger partial charge in [-0.05, 0) is 31.5 Å². The Morgan fingerprint density at radius 3 is 2.53 bits per heavy atom. The van der Waals surface area contributed by atoms with Crippen molar-refractivity contribution in [2.75, 3.05) is 12.3 Å². The molecule has 0 aromatic heterocycles. The van der Waals surface area contributed by atoms with E-state index in [1.807, 2.05) is 38.1 Å². The van der Waals surface area contributed by atoms with Crippen LogP contribution in [0.5, 0.6) is 0 Å². The van der Waals surface area contributed by atoms with Crippen molar-refractivity contribution in [1.82, 2.24) is 5.32 Å². The minimum Gasteiger partial charge on any atom is -0.313 e. The third-order valence-corrected chi connectivity index (χ3v) is 4.14. The van der Waals surface area contributed by atoms with E-state index in [4.69, 9.17) is 0 Å². The number of rotatable bonds is 7. The van der Waals surface area contributed by atoms with Gasteiger partial charge in [-0.2, -0.15) is 13.2 Å². The van der Waals surface area contributed by atoms with E-state index in [1.165, 1.54) is 5.56 Å². The third-order valence-electron chi connectivity index (χ3n) is 2.80. The minimum atomic E-state index is -4.07. The number of nitrogens with one attached hydrogen (secondary N) is 1. The van der Waals surface area contributed by atoms with Crippen LogP contribution < -0.4 is 5.32 Å². The maximum Gasteiger partial charge on any atom is 0.389 e. The molecule has 0 aliphatic rings. The molecule has 0 heterocycles. The quantitative estimate of drug-likeness (QED) is 0.747. The monoisotopic (exact) mass is 291 g/mol. The fraction of sp³-hybridized carbons (Fsp3) is 0.571. The van der Waals surface area contributed by atoms with E-state index in [9.17, 15) is 13.2 Å². The Morgan fingerprint density at radius 2 is 1.95 bits per heavy atom. The van der Waals surface area contributed by atoms with Crippen molar-refractivity contribution >= 4 is 11.8 Å². The maximum atomic E-state index is 12.2. The van der Waals surface area contributed by atoms with Gasteiger partial charge in [-0.15, -0.1) is 11.8 Å². The summed E-state index contributed by atoms with van der Waals surface area (Å²) >= 11 is 1.62. The molecule has 19 heavy (non-hydrogen) atoms. The van der Waals surface area contributed by atoms with Gasteiger partial charge in [0.25, 0.3) is 0 Å². The number of alkyl halides is 3. The first-order valence-corrected chi connectivity index (χ1v) is 7.39. The Labute approximate surface area is 117 Å². The lowest BCUT2D eigenvalue weighted by atomic mass is 10.2. The zero-order valence-corrected chi connectivity index (χ0v) is 12.1. The molecule has 1 unspecified atom stereocenters. The number of hydrogen-bond donors (Lipinski definition) is 1. The van der Waals surface area contributed by atoms with Crippen LogP contribution in [0.3, 0.4) is 0 Å². The van der Waals surface area contributed by atoms with Gasteiger partial charge in [0.15, 0.2) is 0 Å². The number of hydrogen-bond acceptors (Lipinski definition) is 2. The van der Waals surface area contributed by atoms with Crippen LogP contribution in [0.1, 0.15) is 25.3 Å². The molecule has 0 saturated carbocycles. The second-order valence-electron chi connectivity index (χ2n) is 4.48. The second-order valence-corrected chi connectivity index (χ2v) is 5.55. The van der Waals surface area contributed by atoms with Crippen LogP contribution in [-0.2, 0) is 0 Å². The van der Waals surface area contributed by atoms with Gasteiger partial charge in [0.1, 0.15) is 0 Å². The lowest BCUT2D eigenvalue weighted by Crippen LogP contribution is -2.32. The smallest absolute Gasteiger partial charge is 0.313 e. The van der Waals surface area contributed by atoms with Crippen molar-refractivity contribution in [1.29, 1.82) is 0 Å². The molecule has 1 atom stereocenters. The summed E-state index contributed by atoms with van der Waals surface area (Å²) in [7, 11) is 0. The Hall–Kier alpha value is -0.680. The van der Waals surface area contributed by atoms with Gasteiger partial charge < -0.3 is 5.32 Å². The highest BCUT2D eigenvalue weighted by Crippen LogP contribution is 2.26. The van der Waals surface area contributed by atoms with Crippen LogP contribution >= 0.6 is 11.8 Å². The number of halogens is 3. The molecule has 0 aliphatic heterocycles. The van der Waals surface area contributed by atoms with Crippen molar-refractivity contribution in [2.24, 2.45) is 0 Å². The lowest BCUT2D eigenvalue weighted by Gasteiger charge is -2.18. The Kier molecular flexibility index (Phi) is 6.72. The van der Waals surface area contributed by atoms with Crippen LogP contribution in [0.4, 0.5) is 13.2 Å². The van der Waals surface area contributed by atoms with Gasteiger partial charge >= 0.3 is 6.18 Å². The number of aryl methyl sites for hydroxylation is 1. The molecule has 0 radical (unpaired) electrons. The molecule has 0 saturated heterocycles. The number of benzene rings is 1. The maximum absolute atomic E-state index is 12.2. The average molecular weight is 291 g/mol. The second kappa shape index (κ2) is 7.80. The van der Waals surface area contributed by atoms with Crippen molar-refractivity contribution in [3.05, 3.63) is 29.8 Å². The van der Waals surface area contributed by atoms with Crippen LogP contribution in [0, 0.1) is 6.92 Å². The average Bonchev–Trinajstić information content (AvgIpc) is 2.33. The van der Waals surface area contributed by atoms with E-state index in [-0.39, 0.29) is 12.5 Å². The lowest BCUT2D eigenvalue weighted by molar-refractivity contribution is -0.136. The SMILES string of the molecule is CCNC(CCC(F)(F)F)CSc1ccccc1C. The molecule has 5 heteroatoms. The van der Waals surface area contributed by atoms with Gasteiger partial charge in [-0.3, -0.25) is 0 Å².